The maximum Gasteiger partial charge on any atom is 0.279 e. The summed E-state index contributed by atoms with van der Waals surface area (Å²) in [5.74, 6) is 1.71. The Kier molecular flexibility index (Phi) is 5.71. The summed E-state index contributed by atoms with van der Waals surface area (Å²) in [7, 11) is 0. The molecule has 0 bridgehead atoms. The van der Waals surface area contributed by atoms with Gasteiger partial charge in [-0.2, -0.15) is 0 Å². The van der Waals surface area contributed by atoms with Gasteiger partial charge in [0.15, 0.2) is 18.0 Å². The second kappa shape index (κ2) is 8.39. The Labute approximate surface area is 170 Å². The number of piperazine rings is 1. The zero-order chi connectivity index (χ0) is 19.5. The number of halogens is 1. The number of benzene rings is 2. The summed E-state index contributed by atoms with van der Waals surface area (Å²) in [4.78, 5) is 15.3. The van der Waals surface area contributed by atoms with Crippen molar-refractivity contribution in [1.29, 1.82) is 0 Å². The summed E-state index contributed by atoms with van der Waals surface area (Å²) in [6.07, 6.45) is 0. The summed E-state index contributed by atoms with van der Waals surface area (Å²) in [6.45, 7) is 7.76. The fourth-order valence-corrected chi connectivity index (χ4v) is 3.99. The third-order valence-corrected chi connectivity index (χ3v) is 5.92. The summed E-state index contributed by atoms with van der Waals surface area (Å²) in [6, 6.07) is 11.8. The Morgan fingerprint density at radius 2 is 1.82 bits per heavy atom. The fourth-order valence-electron chi connectivity index (χ4n) is 3.81. The number of ether oxygens (including phenoxy) is 2. The molecule has 0 aliphatic carbocycles. The van der Waals surface area contributed by atoms with Crippen molar-refractivity contribution in [2.24, 2.45) is 0 Å². The minimum atomic E-state index is 0.0413. The Morgan fingerprint density at radius 1 is 1.07 bits per heavy atom. The molecule has 28 heavy (non-hydrogen) atoms. The average molecular weight is 404 g/mol. The van der Waals surface area contributed by atoms with E-state index in [2.05, 4.69) is 17.4 Å². The van der Waals surface area contributed by atoms with E-state index in [1.807, 2.05) is 31.2 Å². The lowest BCUT2D eigenvalue weighted by Gasteiger charge is -2.29. The minimum Gasteiger partial charge on any atom is -0.454 e. The molecule has 0 unspecified atom stereocenters. The van der Waals surface area contributed by atoms with Crippen LogP contribution in [0.1, 0.15) is 11.1 Å². The van der Waals surface area contributed by atoms with E-state index in [0.717, 1.165) is 55.5 Å². The van der Waals surface area contributed by atoms with Crippen molar-refractivity contribution in [2.75, 3.05) is 44.8 Å². The molecule has 0 radical (unpaired) electrons. The van der Waals surface area contributed by atoms with Crippen LogP contribution >= 0.6 is 11.6 Å². The number of rotatable bonds is 5. The molecule has 7 heteroatoms. The number of fused-ring (bicyclic) bond motifs is 1. The van der Waals surface area contributed by atoms with Crippen LogP contribution in [0, 0.1) is 6.92 Å². The van der Waals surface area contributed by atoms with Gasteiger partial charge in [-0.25, -0.2) is 0 Å². The summed E-state index contributed by atoms with van der Waals surface area (Å²) >= 11 is 6.13. The first-order valence-electron chi connectivity index (χ1n) is 9.69. The molecule has 148 valence electrons. The van der Waals surface area contributed by atoms with E-state index in [9.17, 15) is 4.79 Å². The maximum absolute atomic E-state index is 12.4. The van der Waals surface area contributed by atoms with Gasteiger partial charge < -0.3 is 24.6 Å². The summed E-state index contributed by atoms with van der Waals surface area (Å²) < 4.78 is 10.8. The van der Waals surface area contributed by atoms with E-state index in [0.29, 0.717) is 18.4 Å². The van der Waals surface area contributed by atoms with Gasteiger partial charge >= 0.3 is 0 Å². The van der Waals surface area contributed by atoms with E-state index in [4.69, 9.17) is 21.1 Å². The van der Waals surface area contributed by atoms with Crippen LogP contribution in [0.25, 0.3) is 0 Å². The van der Waals surface area contributed by atoms with Crippen molar-refractivity contribution in [3.63, 3.8) is 0 Å². The molecule has 4 rings (SSSR count). The number of carbonyl (C=O) groups is 1. The van der Waals surface area contributed by atoms with Crippen molar-refractivity contribution in [2.45, 2.75) is 13.5 Å². The van der Waals surface area contributed by atoms with E-state index in [1.54, 1.807) is 0 Å². The highest BCUT2D eigenvalue weighted by Crippen LogP contribution is 2.32. The summed E-state index contributed by atoms with van der Waals surface area (Å²) in [5.41, 5.74) is 2.96. The first kappa shape index (κ1) is 19.1. The lowest BCUT2D eigenvalue weighted by atomic mass is 10.1. The second-order valence-corrected chi connectivity index (χ2v) is 7.91. The molecule has 3 N–H and O–H groups in total. The van der Waals surface area contributed by atoms with Crippen LogP contribution in [-0.4, -0.2) is 45.4 Å². The van der Waals surface area contributed by atoms with Crippen molar-refractivity contribution in [1.82, 2.24) is 0 Å². The molecule has 1 saturated heterocycles. The molecule has 2 aliphatic heterocycles. The maximum atomic E-state index is 12.4. The topological polar surface area (TPSA) is 56.4 Å². The zero-order valence-corrected chi connectivity index (χ0v) is 16.8. The fraction of sp³-hybridized carbons (Fsp3) is 0.381. The number of hydrogen-bond acceptors (Lipinski definition) is 3. The highest BCUT2D eigenvalue weighted by molar-refractivity contribution is 6.31. The second-order valence-electron chi connectivity index (χ2n) is 7.50. The number of amides is 1. The number of carbonyl (C=O) groups excluding carboxylic acids is 1. The van der Waals surface area contributed by atoms with Crippen LogP contribution in [0.3, 0.4) is 0 Å². The predicted octanol–water partition coefficient (Wildman–Crippen LogP) is 0.299. The Bertz CT molecular complexity index is 866. The molecule has 2 aromatic rings. The van der Waals surface area contributed by atoms with Crippen molar-refractivity contribution < 1.29 is 24.1 Å². The molecule has 1 amide bonds. The molecule has 0 spiro atoms. The number of hydrogen-bond donors (Lipinski definition) is 3. The minimum absolute atomic E-state index is 0.0413. The average Bonchev–Trinajstić information content (AvgIpc) is 3.15. The SMILES string of the molecule is Cc1c(Cl)cccc1NC(=O)C[NH+]1CC[NH+](Cc2ccc3c(c2)OCO3)CC1. The number of anilines is 1. The van der Waals surface area contributed by atoms with Crippen LogP contribution in [0.4, 0.5) is 5.69 Å². The third-order valence-electron chi connectivity index (χ3n) is 5.51. The van der Waals surface area contributed by atoms with Crippen molar-refractivity contribution in [3.05, 3.63) is 52.5 Å². The van der Waals surface area contributed by atoms with E-state index >= 15 is 0 Å². The monoisotopic (exact) mass is 403 g/mol. The van der Waals surface area contributed by atoms with Crippen molar-refractivity contribution >= 4 is 23.2 Å². The smallest absolute Gasteiger partial charge is 0.279 e. The number of nitrogens with one attached hydrogen (secondary N) is 3. The largest absolute Gasteiger partial charge is 0.454 e. The highest BCUT2D eigenvalue weighted by atomic mass is 35.5. The summed E-state index contributed by atoms with van der Waals surface area (Å²) in [5, 5.41) is 3.67. The molecular formula is C21H26ClN3O3+2. The van der Waals surface area contributed by atoms with Gasteiger partial charge in [-0.15, -0.1) is 0 Å². The standard InChI is InChI=1S/C21H24ClN3O3/c1-15-17(22)3-2-4-18(15)23-21(26)13-25-9-7-24(8-10-25)12-16-5-6-19-20(11-16)28-14-27-19/h2-6,11H,7-10,12-14H2,1H3,(H,23,26)/p+2. The van der Waals surface area contributed by atoms with Crippen LogP contribution in [-0.2, 0) is 11.3 Å². The zero-order valence-electron chi connectivity index (χ0n) is 16.0. The van der Waals surface area contributed by atoms with E-state index < -0.39 is 0 Å². The van der Waals surface area contributed by atoms with Gasteiger partial charge in [0, 0.05) is 16.3 Å². The van der Waals surface area contributed by atoms with Crippen LogP contribution in [0.15, 0.2) is 36.4 Å². The first-order valence-corrected chi connectivity index (χ1v) is 10.1. The van der Waals surface area contributed by atoms with Crippen LogP contribution < -0.4 is 24.6 Å². The molecule has 0 saturated carbocycles. The Morgan fingerprint density at radius 3 is 2.64 bits per heavy atom. The molecule has 0 atom stereocenters. The molecule has 6 nitrogen and oxygen atoms in total. The molecular weight excluding hydrogens is 378 g/mol. The van der Waals surface area contributed by atoms with Gasteiger partial charge in [-0.1, -0.05) is 17.7 Å². The van der Waals surface area contributed by atoms with E-state index in [-0.39, 0.29) is 5.91 Å². The molecule has 2 heterocycles. The molecule has 2 aliphatic rings. The lowest BCUT2D eigenvalue weighted by Crippen LogP contribution is -3.28. The van der Waals surface area contributed by atoms with Gasteiger partial charge in [0.2, 0.25) is 6.79 Å². The van der Waals surface area contributed by atoms with Gasteiger partial charge in [0.25, 0.3) is 5.91 Å². The highest BCUT2D eigenvalue weighted by Gasteiger charge is 2.25. The van der Waals surface area contributed by atoms with Crippen molar-refractivity contribution in [3.8, 4) is 11.5 Å². The first-order chi connectivity index (χ1) is 13.6. The van der Waals surface area contributed by atoms with Crippen LogP contribution in [0.5, 0.6) is 11.5 Å². The van der Waals surface area contributed by atoms with E-state index in [1.165, 1.54) is 15.4 Å². The quantitative estimate of drug-likeness (QED) is 0.673. The van der Waals surface area contributed by atoms with Gasteiger partial charge in [0.1, 0.15) is 32.7 Å². The number of quaternary nitrogens is 2. The molecule has 0 aromatic heterocycles. The Hall–Kier alpha value is -2.28. The predicted molar refractivity (Wildman–Crippen MR) is 107 cm³/mol. The van der Waals surface area contributed by atoms with Crippen LogP contribution in [0.2, 0.25) is 5.02 Å². The molecule has 2 aromatic carbocycles. The molecule has 1 fully saturated rings. The van der Waals surface area contributed by atoms with Gasteiger partial charge in [0.05, 0.1) is 0 Å². The third kappa shape index (κ3) is 4.41. The van der Waals surface area contributed by atoms with Gasteiger partial charge in [-0.05, 0) is 42.8 Å². The normalized spacial score (nSPS) is 20.8. The Balaban J connectivity index is 1.25. The lowest BCUT2D eigenvalue weighted by molar-refractivity contribution is -1.02. The van der Waals surface area contributed by atoms with Gasteiger partial charge in [-0.3, -0.25) is 4.79 Å².